The molecular formula is C15H18F3NO. The molecule has 20 heavy (non-hydrogen) atoms. The Labute approximate surface area is 116 Å². The number of methoxy groups -OCH3 is 1. The third-order valence-electron chi connectivity index (χ3n) is 3.53. The van der Waals surface area contributed by atoms with Crippen LogP contribution in [-0.4, -0.2) is 37.4 Å². The zero-order valence-electron chi connectivity index (χ0n) is 11.3. The molecule has 0 N–H and O–H groups in total. The minimum Gasteiger partial charge on any atom is -0.383 e. The fourth-order valence-electron chi connectivity index (χ4n) is 2.57. The van der Waals surface area contributed by atoms with Gasteiger partial charge in [0.25, 0.3) is 0 Å². The minimum atomic E-state index is -4.23. The van der Waals surface area contributed by atoms with Gasteiger partial charge in [-0.15, -0.1) is 0 Å². The SMILES string of the molecule is COC[C@@H](c1ccccc1)N1CC=CCC1C(F)(F)F. The molecule has 1 aromatic carbocycles. The van der Waals surface area contributed by atoms with Crippen LogP contribution in [0.3, 0.4) is 0 Å². The van der Waals surface area contributed by atoms with Crippen molar-refractivity contribution in [3.8, 4) is 0 Å². The Morgan fingerprint density at radius 1 is 1.25 bits per heavy atom. The third kappa shape index (κ3) is 3.41. The molecule has 0 radical (unpaired) electrons. The van der Waals surface area contributed by atoms with Gasteiger partial charge in [-0.25, -0.2) is 0 Å². The third-order valence-corrected chi connectivity index (χ3v) is 3.53. The van der Waals surface area contributed by atoms with Crippen LogP contribution in [0.25, 0.3) is 0 Å². The van der Waals surface area contributed by atoms with Crippen molar-refractivity contribution in [1.82, 2.24) is 4.90 Å². The van der Waals surface area contributed by atoms with E-state index in [1.807, 2.05) is 30.3 Å². The largest absolute Gasteiger partial charge is 0.404 e. The molecule has 0 fully saturated rings. The number of ether oxygens (including phenoxy) is 1. The molecule has 0 aromatic heterocycles. The van der Waals surface area contributed by atoms with Crippen LogP contribution < -0.4 is 0 Å². The van der Waals surface area contributed by atoms with E-state index >= 15 is 0 Å². The van der Waals surface area contributed by atoms with Crippen molar-refractivity contribution in [2.45, 2.75) is 24.7 Å². The van der Waals surface area contributed by atoms with Crippen molar-refractivity contribution in [2.24, 2.45) is 0 Å². The molecule has 0 aliphatic carbocycles. The lowest BCUT2D eigenvalue weighted by Gasteiger charge is -2.39. The summed E-state index contributed by atoms with van der Waals surface area (Å²) < 4.78 is 44.7. The number of hydrogen-bond donors (Lipinski definition) is 0. The molecular weight excluding hydrogens is 267 g/mol. The number of halogens is 3. The number of nitrogens with zero attached hydrogens (tertiary/aromatic N) is 1. The van der Waals surface area contributed by atoms with Gasteiger partial charge >= 0.3 is 6.18 Å². The van der Waals surface area contributed by atoms with Crippen molar-refractivity contribution in [3.05, 3.63) is 48.0 Å². The Hall–Kier alpha value is -1.33. The number of rotatable bonds is 4. The zero-order valence-corrected chi connectivity index (χ0v) is 11.3. The van der Waals surface area contributed by atoms with Crippen LogP contribution in [0.1, 0.15) is 18.0 Å². The molecule has 110 valence electrons. The molecule has 2 atom stereocenters. The molecule has 1 aliphatic heterocycles. The standard InChI is InChI=1S/C15H18F3NO/c1-20-11-13(12-7-3-2-4-8-12)19-10-6-5-9-14(19)15(16,17)18/h2-8,13-14H,9-11H2,1H3/t13-,14?/m0/s1. The monoisotopic (exact) mass is 285 g/mol. The van der Waals surface area contributed by atoms with Crippen LogP contribution >= 0.6 is 0 Å². The predicted molar refractivity (Wildman–Crippen MR) is 71.4 cm³/mol. The van der Waals surface area contributed by atoms with E-state index in [1.54, 1.807) is 12.2 Å². The first-order valence-electron chi connectivity index (χ1n) is 6.55. The van der Waals surface area contributed by atoms with Crippen molar-refractivity contribution in [3.63, 3.8) is 0 Å². The Bertz CT molecular complexity index is 444. The van der Waals surface area contributed by atoms with Crippen LogP contribution in [0.15, 0.2) is 42.5 Å². The van der Waals surface area contributed by atoms with E-state index in [2.05, 4.69) is 0 Å². The van der Waals surface area contributed by atoms with Crippen LogP contribution in [0.2, 0.25) is 0 Å². The van der Waals surface area contributed by atoms with Crippen LogP contribution in [0.5, 0.6) is 0 Å². The highest BCUT2D eigenvalue weighted by molar-refractivity contribution is 5.20. The molecule has 5 heteroatoms. The normalized spacial score (nSPS) is 21.9. The van der Waals surface area contributed by atoms with Gasteiger partial charge in [0.15, 0.2) is 0 Å². The van der Waals surface area contributed by atoms with Crippen molar-refractivity contribution in [1.29, 1.82) is 0 Å². The van der Waals surface area contributed by atoms with Gasteiger partial charge in [0, 0.05) is 13.7 Å². The Morgan fingerprint density at radius 3 is 2.55 bits per heavy atom. The molecule has 0 saturated heterocycles. The summed E-state index contributed by atoms with van der Waals surface area (Å²) in [5.41, 5.74) is 0.846. The number of alkyl halides is 3. The van der Waals surface area contributed by atoms with E-state index in [0.717, 1.165) is 5.56 Å². The van der Waals surface area contributed by atoms with Crippen LogP contribution in [0, 0.1) is 0 Å². The minimum absolute atomic E-state index is 0.00342. The average Bonchev–Trinajstić information content (AvgIpc) is 2.45. The quantitative estimate of drug-likeness (QED) is 0.784. The van der Waals surface area contributed by atoms with E-state index in [-0.39, 0.29) is 19.6 Å². The van der Waals surface area contributed by atoms with Gasteiger partial charge in [-0.3, -0.25) is 4.90 Å². The first kappa shape index (κ1) is 15.1. The van der Waals surface area contributed by atoms with Crippen LogP contribution in [-0.2, 0) is 4.74 Å². The van der Waals surface area contributed by atoms with Crippen molar-refractivity contribution in [2.75, 3.05) is 20.3 Å². The van der Waals surface area contributed by atoms with E-state index in [0.29, 0.717) is 0 Å². The lowest BCUT2D eigenvalue weighted by atomic mass is 9.99. The van der Waals surface area contributed by atoms with Gasteiger partial charge in [0.05, 0.1) is 12.6 Å². The maximum atomic E-state index is 13.2. The molecule has 1 unspecified atom stereocenters. The van der Waals surface area contributed by atoms with Gasteiger partial charge in [-0.2, -0.15) is 13.2 Å². The summed E-state index contributed by atoms with van der Waals surface area (Å²) in [5.74, 6) is 0. The van der Waals surface area contributed by atoms with Crippen molar-refractivity contribution >= 4 is 0 Å². The summed E-state index contributed by atoms with van der Waals surface area (Å²) in [4.78, 5) is 1.47. The summed E-state index contributed by atoms with van der Waals surface area (Å²) >= 11 is 0. The molecule has 2 nitrogen and oxygen atoms in total. The van der Waals surface area contributed by atoms with Gasteiger partial charge in [0.1, 0.15) is 6.04 Å². The van der Waals surface area contributed by atoms with E-state index in [9.17, 15) is 13.2 Å². The fourth-order valence-corrected chi connectivity index (χ4v) is 2.57. The lowest BCUT2D eigenvalue weighted by Crippen LogP contribution is -2.49. The van der Waals surface area contributed by atoms with Crippen molar-refractivity contribution < 1.29 is 17.9 Å². The number of hydrogen-bond acceptors (Lipinski definition) is 2. The average molecular weight is 285 g/mol. The highest BCUT2D eigenvalue weighted by atomic mass is 19.4. The van der Waals surface area contributed by atoms with E-state index < -0.39 is 18.3 Å². The molecule has 0 saturated carbocycles. The first-order valence-corrected chi connectivity index (χ1v) is 6.55. The Kier molecular flexibility index (Phi) is 4.83. The second-order valence-electron chi connectivity index (χ2n) is 4.84. The zero-order chi connectivity index (χ0) is 14.6. The van der Waals surface area contributed by atoms with E-state index in [4.69, 9.17) is 4.74 Å². The summed E-state index contributed by atoms with van der Waals surface area (Å²) in [5, 5.41) is 0. The summed E-state index contributed by atoms with van der Waals surface area (Å²) in [6.07, 6.45) is -0.848. The molecule has 0 amide bonds. The second-order valence-corrected chi connectivity index (χ2v) is 4.84. The molecule has 2 rings (SSSR count). The van der Waals surface area contributed by atoms with E-state index in [1.165, 1.54) is 12.0 Å². The summed E-state index contributed by atoms with van der Waals surface area (Å²) in [7, 11) is 1.51. The molecule has 1 aromatic rings. The molecule has 1 heterocycles. The van der Waals surface area contributed by atoms with Gasteiger partial charge in [-0.1, -0.05) is 42.5 Å². The predicted octanol–water partition coefficient (Wildman–Crippen LogP) is 3.57. The summed E-state index contributed by atoms with van der Waals surface area (Å²) in [6, 6.07) is 7.36. The van der Waals surface area contributed by atoms with Gasteiger partial charge < -0.3 is 4.74 Å². The Balaban J connectivity index is 2.30. The highest BCUT2D eigenvalue weighted by Crippen LogP contribution is 2.35. The second kappa shape index (κ2) is 6.41. The maximum absolute atomic E-state index is 13.2. The first-order chi connectivity index (χ1) is 9.54. The lowest BCUT2D eigenvalue weighted by molar-refractivity contribution is -0.191. The summed E-state index contributed by atoms with van der Waals surface area (Å²) in [6.45, 7) is 0.525. The highest BCUT2D eigenvalue weighted by Gasteiger charge is 2.45. The van der Waals surface area contributed by atoms with Crippen LogP contribution in [0.4, 0.5) is 13.2 Å². The van der Waals surface area contributed by atoms with Gasteiger partial charge in [0.2, 0.25) is 0 Å². The van der Waals surface area contributed by atoms with Gasteiger partial charge in [-0.05, 0) is 12.0 Å². The topological polar surface area (TPSA) is 12.5 Å². The molecule has 1 aliphatic rings. The number of benzene rings is 1. The fraction of sp³-hybridized carbons (Fsp3) is 0.467. The maximum Gasteiger partial charge on any atom is 0.404 e. The molecule has 0 bridgehead atoms. The Morgan fingerprint density at radius 2 is 1.95 bits per heavy atom. The smallest absolute Gasteiger partial charge is 0.383 e. The molecule has 0 spiro atoms.